The minimum absolute atomic E-state index is 0.0731. The lowest BCUT2D eigenvalue weighted by Gasteiger charge is -2.16. The van der Waals surface area contributed by atoms with Gasteiger partial charge in [-0.2, -0.15) is 0 Å². The maximum Gasteiger partial charge on any atom is 0.241 e. The summed E-state index contributed by atoms with van der Waals surface area (Å²) in [5.74, 6) is 0.594. The van der Waals surface area contributed by atoms with Crippen molar-refractivity contribution in [3.8, 4) is 11.3 Å². The molecule has 2 aromatic carbocycles. The van der Waals surface area contributed by atoms with E-state index in [2.05, 4.69) is 15.6 Å². The molecule has 3 aromatic rings. The summed E-state index contributed by atoms with van der Waals surface area (Å²) in [6.45, 7) is 0. The van der Waals surface area contributed by atoms with E-state index in [1.807, 2.05) is 54.6 Å². The van der Waals surface area contributed by atoms with Crippen molar-refractivity contribution in [3.05, 3.63) is 72.8 Å². The van der Waals surface area contributed by atoms with Gasteiger partial charge in [-0.3, -0.25) is 4.79 Å². The predicted molar refractivity (Wildman–Crippen MR) is 93.6 cm³/mol. The monoisotopic (exact) mass is 321 g/mol. The molecule has 1 aromatic heterocycles. The molecule has 0 spiro atoms. The summed E-state index contributed by atoms with van der Waals surface area (Å²) < 4.78 is 5.29. The summed E-state index contributed by atoms with van der Waals surface area (Å²) in [7, 11) is 1.79. The lowest BCUT2D eigenvalue weighted by molar-refractivity contribution is -0.118. The Hall–Kier alpha value is -2.92. The van der Waals surface area contributed by atoms with Crippen molar-refractivity contribution in [3.63, 3.8) is 0 Å². The van der Waals surface area contributed by atoms with Gasteiger partial charge in [0.15, 0.2) is 12.2 Å². The number of carbonyl (C=O) groups is 1. The summed E-state index contributed by atoms with van der Waals surface area (Å²) in [6.07, 6.45) is 3.66. The number of anilines is 1. The molecule has 1 atom stereocenters. The summed E-state index contributed by atoms with van der Waals surface area (Å²) in [5, 5.41) is 6.02. The van der Waals surface area contributed by atoms with E-state index >= 15 is 0 Å². The Kier molecular flexibility index (Phi) is 5.03. The predicted octanol–water partition coefficient (Wildman–Crippen LogP) is 3.11. The Morgan fingerprint density at radius 2 is 2.00 bits per heavy atom. The second-order valence-electron chi connectivity index (χ2n) is 5.47. The van der Waals surface area contributed by atoms with Gasteiger partial charge in [0.25, 0.3) is 0 Å². The van der Waals surface area contributed by atoms with E-state index in [1.54, 1.807) is 13.2 Å². The molecule has 1 unspecified atom stereocenters. The van der Waals surface area contributed by atoms with Crippen molar-refractivity contribution in [2.75, 3.05) is 12.4 Å². The van der Waals surface area contributed by atoms with Gasteiger partial charge in [-0.05, 0) is 31.2 Å². The van der Waals surface area contributed by atoms with Crippen LogP contribution in [-0.4, -0.2) is 24.0 Å². The third-order valence-corrected chi connectivity index (χ3v) is 3.79. The summed E-state index contributed by atoms with van der Waals surface area (Å²) in [6, 6.07) is 17.1. The molecule has 2 N–H and O–H groups in total. The van der Waals surface area contributed by atoms with Gasteiger partial charge < -0.3 is 15.1 Å². The standard InChI is InChI=1S/C19H19N3O2/c1-20-17(10-14-6-3-2-4-7-14)19(23)22-16-9-5-8-15(11-16)18-12-21-13-24-18/h2-9,11-13,17,20H,10H2,1H3,(H,22,23). The molecule has 0 aliphatic carbocycles. The minimum Gasteiger partial charge on any atom is -0.444 e. The molecule has 0 aliphatic heterocycles. The quantitative estimate of drug-likeness (QED) is 0.732. The number of amides is 1. The van der Waals surface area contributed by atoms with Crippen LogP contribution < -0.4 is 10.6 Å². The van der Waals surface area contributed by atoms with Crippen LogP contribution in [0.4, 0.5) is 5.69 Å². The maximum atomic E-state index is 12.5. The minimum atomic E-state index is -0.304. The number of hydrogen-bond donors (Lipinski definition) is 2. The molecular formula is C19H19N3O2. The first-order valence-corrected chi connectivity index (χ1v) is 7.77. The molecule has 0 aliphatic rings. The molecule has 0 saturated carbocycles. The highest BCUT2D eigenvalue weighted by Gasteiger charge is 2.17. The van der Waals surface area contributed by atoms with Crippen LogP contribution in [0.2, 0.25) is 0 Å². The van der Waals surface area contributed by atoms with E-state index < -0.39 is 0 Å². The van der Waals surface area contributed by atoms with Crippen LogP contribution in [0.3, 0.4) is 0 Å². The highest BCUT2D eigenvalue weighted by atomic mass is 16.3. The zero-order valence-electron chi connectivity index (χ0n) is 13.4. The van der Waals surface area contributed by atoms with Crippen LogP contribution in [0, 0.1) is 0 Å². The van der Waals surface area contributed by atoms with Crippen molar-refractivity contribution in [2.24, 2.45) is 0 Å². The third-order valence-electron chi connectivity index (χ3n) is 3.79. The van der Waals surface area contributed by atoms with Gasteiger partial charge in [0.05, 0.1) is 12.2 Å². The van der Waals surface area contributed by atoms with Crippen molar-refractivity contribution in [1.82, 2.24) is 10.3 Å². The fourth-order valence-electron chi connectivity index (χ4n) is 2.51. The van der Waals surface area contributed by atoms with E-state index in [0.29, 0.717) is 12.2 Å². The van der Waals surface area contributed by atoms with Gasteiger partial charge in [-0.1, -0.05) is 42.5 Å². The van der Waals surface area contributed by atoms with E-state index in [4.69, 9.17) is 4.42 Å². The first kappa shape index (κ1) is 16.0. The van der Waals surface area contributed by atoms with Crippen molar-refractivity contribution in [2.45, 2.75) is 12.5 Å². The topological polar surface area (TPSA) is 67.2 Å². The van der Waals surface area contributed by atoms with Crippen LogP contribution in [0.25, 0.3) is 11.3 Å². The number of hydrogen-bond acceptors (Lipinski definition) is 4. The average molecular weight is 321 g/mol. The molecule has 0 radical (unpaired) electrons. The van der Waals surface area contributed by atoms with E-state index in [-0.39, 0.29) is 11.9 Å². The number of rotatable bonds is 6. The molecule has 1 amide bonds. The van der Waals surface area contributed by atoms with Gasteiger partial charge >= 0.3 is 0 Å². The van der Waals surface area contributed by atoms with Gasteiger partial charge in [-0.25, -0.2) is 4.98 Å². The number of carbonyl (C=O) groups excluding carboxylic acids is 1. The molecule has 5 nitrogen and oxygen atoms in total. The molecule has 24 heavy (non-hydrogen) atoms. The van der Waals surface area contributed by atoms with Gasteiger partial charge in [0, 0.05) is 11.3 Å². The zero-order chi connectivity index (χ0) is 16.8. The van der Waals surface area contributed by atoms with Crippen LogP contribution in [0.1, 0.15) is 5.56 Å². The molecule has 0 saturated heterocycles. The normalized spacial score (nSPS) is 11.9. The summed E-state index contributed by atoms with van der Waals surface area (Å²) >= 11 is 0. The first-order chi connectivity index (χ1) is 11.8. The van der Waals surface area contributed by atoms with Gasteiger partial charge in [0.2, 0.25) is 5.91 Å². The summed E-state index contributed by atoms with van der Waals surface area (Å²) in [5.41, 5.74) is 2.71. The molecule has 122 valence electrons. The van der Waals surface area contributed by atoms with Crippen LogP contribution in [0.15, 0.2) is 71.6 Å². The lowest BCUT2D eigenvalue weighted by Crippen LogP contribution is -2.40. The van der Waals surface area contributed by atoms with Crippen molar-refractivity contribution in [1.29, 1.82) is 0 Å². The summed E-state index contributed by atoms with van der Waals surface area (Å²) in [4.78, 5) is 16.4. The Labute approximate surface area is 140 Å². The second-order valence-corrected chi connectivity index (χ2v) is 5.47. The van der Waals surface area contributed by atoms with Crippen molar-refractivity contribution < 1.29 is 9.21 Å². The maximum absolute atomic E-state index is 12.5. The van der Waals surface area contributed by atoms with Gasteiger partial charge in [-0.15, -0.1) is 0 Å². The molecule has 0 fully saturated rings. The fourth-order valence-corrected chi connectivity index (χ4v) is 2.51. The van der Waals surface area contributed by atoms with Crippen molar-refractivity contribution >= 4 is 11.6 Å². The Bertz CT molecular complexity index is 785. The number of benzene rings is 2. The largest absolute Gasteiger partial charge is 0.444 e. The Balaban J connectivity index is 1.70. The highest BCUT2D eigenvalue weighted by Crippen LogP contribution is 2.22. The number of aromatic nitrogens is 1. The van der Waals surface area contributed by atoms with Crippen LogP contribution in [0.5, 0.6) is 0 Å². The van der Waals surface area contributed by atoms with E-state index in [9.17, 15) is 4.79 Å². The number of likely N-dealkylation sites (N-methyl/N-ethyl adjacent to an activating group) is 1. The fraction of sp³-hybridized carbons (Fsp3) is 0.158. The smallest absolute Gasteiger partial charge is 0.241 e. The number of nitrogens with one attached hydrogen (secondary N) is 2. The van der Waals surface area contributed by atoms with Gasteiger partial charge in [0.1, 0.15) is 0 Å². The van der Waals surface area contributed by atoms with Crippen LogP contribution >= 0.6 is 0 Å². The molecular weight excluding hydrogens is 302 g/mol. The molecule has 0 bridgehead atoms. The highest BCUT2D eigenvalue weighted by molar-refractivity contribution is 5.95. The lowest BCUT2D eigenvalue weighted by atomic mass is 10.1. The molecule has 5 heteroatoms. The average Bonchev–Trinajstić information content (AvgIpc) is 3.15. The SMILES string of the molecule is CNC(Cc1ccccc1)C(=O)Nc1cccc(-c2cnco2)c1. The van der Waals surface area contributed by atoms with Crippen LogP contribution in [-0.2, 0) is 11.2 Å². The zero-order valence-corrected chi connectivity index (χ0v) is 13.4. The Morgan fingerprint density at radius 1 is 1.17 bits per heavy atom. The third kappa shape index (κ3) is 3.88. The second kappa shape index (κ2) is 7.57. The van der Waals surface area contributed by atoms with E-state index in [1.165, 1.54) is 6.39 Å². The molecule has 1 heterocycles. The number of nitrogens with zero attached hydrogens (tertiary/aromatic N) is 1. The Morgan fingerprint density at radius 3 is 2.71 bits per heavy atom. The number of oxazole rings is 1. The molecule has 3 rings (SSSR count). The first-order valence-electron chi connectivity index (χ1n) is 7.77. The van der Waals surface area contributed by atoms with E-state index in [0.717, 1.165) is 16.8 Å².